The van der Waals surface area contributed by atoms with Crippen molar-refractivity contribution in [3.63, 3.8) is 0 Å². The summed E-state index contributed by atoms with van der Waals surface area (Å²) in [7, 11) is -1.74. The van der Waals surface area contributed by atoms with E-state index in [0.29, 0.717) is 20.9 Å². The van der Waals surface area contributed by atoms with Crippen LogP contribution in [0.4, 0.5) is 0 Å². The first kappa shape index (κ1) is 21.6. The maximum Gasteiger partial charge on any atom is 0.118 e. The highest BCUT2D eigenvalue weighted by molar-refractivity contribution is 8.01. The van der Waals surface area contributed by atoms with Crippen LogP contribution >= 0.6 is 11.8 Å². The van der Waals surface area contributed by atoms with Crippen molar-refractivity contribution < 1.29 is 5.11 Å². The molecule has 0 heterocycles. The third-order valence-corrected chi connectivity index (χ3v) is 16.5. The zero-order valence-corrected chi connectivity index (χ0v) is 19.5. The number of phenolic OH excluding ortho intramolecular Hbond substituents is 1. The largest absolute Gasteiger partial charge is 0.508 e. The number of benzene rings is 1. The molecule has 138 valence electrons. The van der Waals surface area contributed by atoms with Gasteiger partial charge in [-0.05, 0) is 57.6 Å². The molecule has 0 bridgehead atoms. The van der Waals surface area contributed by atoms with Crippen LogP contribution in [-0.4, -0.2) is 18.6 Å². The molecule has 1 aromatic rings. The zero-order chi connectivity index (χ0) is 19.1. The number of thioether (sulfide) groups is 1. The van der Waals surface area contributed by atoms with Gasteiger partial charge in [-0.3, -0.25) is 0 Å². The number of hydrogen-bond donors (Lipinski definition) is 1. The van der Waals surface area contributed by atoms with E-state index in [9.17, 15) is 5.11 Å². The van der Waals surface area contributed by atoms with E-state index in [4.69, 9.17) is 0 Å². The highest BCUT2D eigenvalue weighted by atomic mass is 32.2. The minimum atomic E-state index is -1.74. The van der Waals surface area contributed by atoms with Crippen molar-refractivity contribution in [3.05, 3.63) is 23.3 Å². The Morgan fingerprint density at radius 2 is 1.21 bits per heavy atom. The van der Waals surface area contributed by atoms with Crippen LogP contribution in [0.1, 0.15) is 73.4 Å². The topological polar surface area (TPSA) is 20.2 Å². The van der Waals surface area contributed by atoms with Crippen LogP contribution in [0.15, 0.2) is 17.0 Å². The highest BCUT2D eigenvalue weighted by Gasteiger charge is 2.59. The summed E-state index contributed by atoms with van der Waals surface area (Å²) in [6.07, 6.45) is 0. The van der Waals surface area contributed by atoms with Crippen molar-refractivity contribution in [3.8, 4) is 5.75 Å². The Kier molecular flexibility index (Phi) is 6.05. The molecule has 0 aliphatic rings. The van der Waals surface area contributed by atoms with Crippen LogP contribution in [-0.2, 0) is 0 Å². The second kappa shape index (κ2) is 6.72. The summed E-state index contributed by atoms with van der Waals surface area (Å²) in [5.74, 6) is 0.405. The maximum atomic E-state index is 9.94. The van der Waals surface area contributed by atoms with Crippen LogP contribution < -0.4 is 0 Å². The fourth-order valence-electron chi connectivity index (χ4n) is 5.14. The molecule has 24 heavy (non-hydrogen) atoms. The number of aryl methyl sites for hydroxylation is 2. The van der Waals surface area contributed by atoms with E-state index in [1.54, 1.807) is 0 Å². The van der Waals surface area contributed by atoms with E-state index in [1.165, 1.54) is 15.8 Å². The van der Waals surface area contributed by atoms with Crippen molar-refractivity contribution >= 4 is 19.8 Å². The minimum Gasteiger partial charge on any atom is -0.508 e. The van der Waals surface area contributed by atoms with Crippen LogP contribution in [0.25, 0.3) is 0 Å². The number of rotatable bonds is 3. The normalized spacial score (nSPS) is 14.1. The summed E-state index contributed by atoms with van der Waals surface area (Å²) in [5.41, 5.74) is 2.15. The van der Waals surface area contributed by atoms with E-state index < -0.39 is 8.07 Å². The second-order valence-electron chi connectivity index (χ2n) is 10.3. The molecule has 3 heteroatoms. The molecule has 0 fully saturated rings. The van der Waals surface area contributed by atoms with Gasteiger partial charge in [0.25, 0.3) is 0 Å². The Morgan fingerprint density at radius 1 is 0.792 bits per heavy atom. The standard InChI is InChI=1S/C21H38OSSi/c1-15-13-18(16(2)12-17(15)22)23-14-24(19(3,4)5,20(6,7)8)21(9,10)11/h12-13,22H,14H2,1-11H3. The Morgan fingerprint density at radius 3 is 1.58 bits per heavy atom. The van der Waals surface area contributed by atoms with Crippen LogP contribution in [0.2, 0.25) is 15.1 Å². The van der Waals surface area contributed by atoms with Gasteiger partial charge >= 0.3 is 0 Å². The van der Waals surface area contributed by atoms with Crippen molar-refractivity contribution in [2.45, 2.75) is 96.2 Å². The van der Waals surface area contributed by atoms with Gasteiger partial charge in [0.1, 0.15) is 5.75 Å². The predicted molar refractivity (Wildman–Crippen MR) is 113 cm³/mol. The quantitative estimate of drug-likeness (QED) is 0.441. The molecule has 0 atom stereocenters. The van der Waals surface area contributed by atoms with Gasteiger partial charge in [0.2, 0.25) is 0 Å². The molecule has 1 nitrogen and oxygen atoms in total. The zero-order valence-electron chi connectivity index (χ0n) is 17.7. The van der Waals surface area contributed by atoms with Gasteiger partial charge in [0, 0.05) is 4.90 Å². The summed E-state index contributed by atoms with van der Waals surface area (Å²) in [6, 6.07) is 4.06. The first-order valence-electron chi connectivity index (χ1n) is 8.97. The molecule has 0 aliphatic carbocycles. The summed E-state index contributed by atoms with van der Waals surface area (Å²) in [6.45, 7) is 26.1. The van der Waals surface area contributed by atoms with Gasteiger partial charge in [-0.1, -0.05) is 62.3 Å². The average molecular weight is 367 g/mol. The molecule has 0 saturated carbocycles. The maximum absolute atomic E-state index is 9.94. The summed E-state index contributed by atoms with van der Waals surface area (Å²) in [5, 5.41) is 12.1. The van der Waals surface area contributed by atoms with Gasteiger partial charge < -0.3 is 5.11 Å². The molecule has 0 aromatic heterocycles. The summed E-state index contributed by atoms with van der Waals surface area (Å²) >= 11 is 2.01. The summed E-state index contributed by atoms with van der Waals surface area (Å²) in [4.78, 5) is 1.32. The third-order valence-electron chi connectivity index (χ3n) is 5.78. The van der Waals surface area contributed by atoms with Gasteiger partial charge in [0.15, 0.2) is 0 Å². The van der Waals surface area contributed by atoms with E-state index in [1.807, 2.05) is 24.8 Å². The van der Waals surface area contributed by atoms with Gasteiger partial charge in [-0.2, -0.15) is 0 Å². The second-order valence-corrected chi connectivity index (χ2v) is 18.5. The molecule has 0 aliphatic heterocycles. The fourth-order valence-corrected chi connectivity index (χ4v) is 19.1. The predicted octanol–water partition coefficient (Wildman–Crippen LogP) is 7.49. The monoisotopic (exact) mass is 366 g/mol. The van der Waals surface area contributed by atoms with Gasteiger partial charge in [-0.25, -0.2) is 0 Å². The third kappa shape index (κ3) is 3.88. The van der Waals surface area contributed by atoms with E-state index in [0.717, 1.165) is 5.56 Å². The van der Waals surface area contributed by atoms with Crippen molar-refractivity contribution in [1.82, 2.24) is 0 Å². The van der Waals surface area contributed by atoms with Gasteiger partial charge in [0.05, 0.1) is 8.07 Å². The molecule has 0 amide bonds. The lowest BCUT2D eigenvalue weighted by Crippen LogP contribution is -2.60. The van der Waals surface area contributed by atoms with Crippen molar-refractivity contribution in [2.24, 2.45) is 0 Å². The highest BCUT2D eigenvalue weighted by Crippen LogP contribution is 2.63. The first-order chi connectivity index (χ1) is 10.5. The Labute approximate surface area is 155 Å². The number of aromatic hydroxyl groups is 1. The molecule has 1 rings (SSSR count). The van der Waals surface area contributed by atoms with Crippen LogP contribution in [0.5, 0.6) is 5.75 Å². The summed E-state index contributed by atoms with van der Waals surface area (Å²) < 4.78 is 0. The van der Waals surface area contributed by atoms with E-state index >= 15 is 0 Å². The van der Waals surface area contributed by atoms with E-state index in [2.05, 4.69) is 75.3 Å². The molecule has 0 unspecified atom stereocenters. The lowest BCUT2D eigenvalue weighted by Gasteiger charge is -2.59. The molecular weight excluding hydrogens is 328 g/mol. The first-order valence-corrected chi connectivity index (χ1v) is 12.2. The van der Waals surface area contributed by atoms with Gasteiger partial charge in [-0.15, -0.1) is 11.8 Å². The Balaban J connectivity index is 3.38. The Hall–Kier alpha value is -0.413. The molecule has 1 N–H and O–H groups in total. The lowest BCUT2D eigenvalue weighted by molar-refractivity contribution is 0.470. The average Bonchev–Trinajstić information content (AvgIpc) is 2.30. The molecule has 0 saturated heterocycles. The number of phenols is 1. The molecule has 0 spiro atoms. The smallest absolute Gasteiger partial charge is 0.118 e. The molecular formula is C21H38OSSi. The van der Waals surface area contributed by atoms with Crippen molar-refractivity contribution in [1.29, 1.82) is 0 Å². The minimum absolute atomic E-state index is 0.316. The molecule has 0 radical (unpaired) electrons. The SMILES string of the molecule is Cc1cc(SC[Si](C(C)(C)C)(C(C)(C)C)C(C)(C)C)c(C)cc1O. The van der Waals surface area contributed by atoms with Crippen LogP contribution in [0.3, 0.4) is 0 Å². The fraction of sp³-hybridized carbons (Fsp3) is 0.714. The van der Waals surface area contributed by atoms with Crippen LogP contribution in [0, 0.1) is 13.8 Å². The van der Waals surface area contributed by atoms with E-state index in [-0.39, 0.29) is 0 Å². The Bertz CT molecular complexity index is 550. The van der Waals surface area contributed by atoms with Crippen molar-refractivity contribution in [2.75, 3.05) is 5.38 Å². The lowest BCUT2D eigenvalue weighted by atomic mass is 10.1. The number of hydrogen-bond acceptors (Lipinski definition) is 2. The molecule has 1 aromatic carbocycles.